The Hall–Kier alpha value is -4.71. The maximum Gasteiger partial charge on any atom is 0.278 e. The van der Waals surface area contributed by atoms with Gasteiger partial charge in [0.05, 0.1) is 11.7 Å². The third-order valence-corrected chi connectivity index (χ3v) is 6.02. The van der Waals surface area contributed by atoms with E-state index in [4.69, 9.17) is 4.74 Å². The Labute approximate surface area is 209 Å². The van der Waals surface area contributed by atoms with Gasteiger partial charge in [-0.15, -0.1) is 0 Å². The molecular weight excluding hydrogens is 448 g/mol. The Morgan fingerprint density at radius 2 is 1.64 bits per heavy atom. The number of nitrogens with zero attached hydrogens (tertiary/aromatic N) is 3. The molecule has 36 heavy (non-hydrogen) atoms. The molecule has 5 aromatic rings. The summed E-state index contributed by atoms with van der Waals surface area (Å²) in [5.74, 6) is 0.0428. The molecule has 1 amide bonds. The minimum Gasteiger partial charge on any atom is -0.467 e. The number of pyridine rings is 1. The Morgan fingerprint density at radius 3 is 2.44 bits per heavy atom. The first-order chi connectivity index (χ1) is 17.6. The summed E-state index contributed by atoms with van der Waals surface area (Å²) in [5, 5.41) is 5.15. The summed E-state index contributed by atoms with van der Waals surface area (Å²) in [5.41, 5.74) is 9.83. The minimum atomic E-state index is -0.355. The van der Waals surface area contributed by atoms with E-state index >= 15 is 0 Å². The molecule has 0 fully saturated rings. The molecule has 0 aliphatic rings. The van der Waals surface area contributed by atoms with E-state index in [1.165, 1.54) is 11.1 Å². The summed E-state index contributed by atoms with van der Waals surface area (Å²) in [6, 6.07) is 32.3. The van der Waals surface area contributed by atoms with E-state index in [0.717, 1.165) is 33.5 Å². The molecule has 0 unspecified atom stereocenters. The number of para-hydroxylation sites is 1. The number of aromatic nitrogens is 2. The minimum absolute atomic E-state index is 0.171. The molecule has 6 nitrogen and oxygen atoms in total. The fourth-order valence-electron chi connectivity index (χ4n) is 4.22. The van der Waals surface area contributed by atoms with Gasteiger partial charge < -0.3 is 9.30 Å². The van der Waals surface area contributed by atoms with Gasteiger partial charge in [-0.25, -0.2) is 10.4 Å². The summed E-state index contributed by atoms with van der Waals surface area (Å²) in [4.78, 5) is 16.6. The quantitative estimate of drug-likeness (QED) is 0.238. The molecule has 0 bridgehead atoms. The summed E-state index contributed by atoms with van der Waals surface area (Å²) in [6.07, 6.45) is 1.66. The van der Waals surface area contributed by atoms with Crippen LogP contribution in [0.15, 0.2) is 102 Å². The summed E-state index contributed by atoms with van der Waals surface area (Å²) >= 11 is 0. The number of benzene rings is 3. The fourth-order valence-corrected chi connectivity index (χ4v) is 4.22. The molecule has 0 aliphatic carbocycles. The molecule has 0 saturated carbocycles. The van der Waals surface area contributed by atoms with Gasteiger partial charge in [0.1, 0.15) is 0 Å². The van der Waals surface area contributed by atoms with Crippen molar-refractivity contribution >= 4 is 23.0 Å². The molecule has 2 heterocycles. The van der Waals surface area contributed by atoms with Crippen LogP contribution in [0.25, 0.3) is 27.7 Å². The topological polar surface area (TPSA) is 68.5 Å². The van der Waals surface area contributed by atoms with Crippen LogP contribution in [0.4, 0.5) is 0 Å². The van der Waals surface area contributed by atoms with Crippen molar-refractivity contribution in [3.05, 3.63) is 114 Å². The van der Waals surface area contributed by atoms with E-state index in [9.17, 15) is 4.79 Å². The van der Waals surface area contributed by atoms with Crippen molar-refractivity contribution in [2.45, 2.75) is 13.8 Å². The van der Waals surface area contributed by atoms with Gasteiger partial charge in [0.25, 0.3) is 5.91 Å². The lowest BCUT2D eigenvalue weighted by molar-refractivity contribution is -0.123. The predicted octanol–water partition coefficient (Wildman–Crippen LogP) is 5.84. The first-order valence-electron chi connectivity index (χ1n) is 11.7. The number of hydrogen-bond donors (Lipinski definition) is 1. The number of hydrogen-bond acceptors (Lipinski definition) is 4. The fraction of sp³-hybridized carbons (Fsp3) is 0.100. The molecule has 5 rings (SSSR count). The van der Waals surface area contributed by atoms with E-state index in [1.807, 2.05) is 61.5 Å². The monoisotopic (exact) mass is 474 g/mol. The van der Waals surface area contributed by atoms with Gasteiger partial charge in [-0.3, -0.25) is 4.79 Å². The van der Waals surface area contributed by atoms with E-state index in [-0.39, 0.29) is 12.5 Å². The smallest absolute Gasteiger partial charge is 0.278 e. The number of fused-ring (bicyclic) bond motifs is 1. The molecule has 0 aliphatic heterocycles. The normalized spacial score (nSPS) is 11.2. The number of hydrazone groups is 1. The number of aryl methyl sites for hydroxylation is 1. The van der Waals surface area contributed by atoms with Gasteiger partial charge in [0, 0.05) is 34.1 Å². The lowest BCUT2D eigenvalue weighted by atomic mass is 10.1. The average molecular weight is 475 g/mol. The zero-order valence-electron chi connectivity index (χ0n) is 20.2. The molecule has 6 heteroatoms. The van der Waals surface area contributed by atoms with Crippen LogP contribution in [0.5, 0.6) is 5.88 Å². The van der Waals surface area contributed by atoms with E-state index in [0.29, 0.717) is 5.88 Å². The Bertz CT molecular complexity index is 1540. The largest absolute Gasteiger partial charge is 0.467 e. The number of ether oxygens (including phenoxy) is 1. The highest BCUT2D eigenvalue weighted by molar-refractivity contribution is 5.85. The molecule has 2 aromatic heterocycles. The second-order valence-electron chi connectivity index (χ2n) is 8.50. The highest BCUT2D eigenvalue weighted by atomic mass is 16.5. The number of carbonyl (C=O) groups is 1. The second kappa shape index (κ2) is 10.3. The van der Waals surface area contributed by atoms with Crippen molar-refractivity contribution in [1.29, 1.82) is 0 Å². The van der Waals surface area contributed by atoms with Gasteiger partial charge in [0.15, 0.2) is 6.61 Å². The zero-order chi connectivity index (χ0) is 24.9. The van der Waals surface area contributed by atoms with Crippen LogP contribution in [0.1, 0.15) is 17.0 Å². The van der Waals surface area contributed by atoms with Crippen molar-refractivity contribution in [1.82, 2.24) is 15.0 Å². The van der Waals surface area contributed by atoms with Crippen LogP contribution in [0.2, 0.25) is 0 Å². The molecule has 0 atom stereocenters. The number of nitrogens with one attached hydrogen (secondary N) is 1. The van der Waals surface area contributed by atoms with E-state index < -0.39 is 0 Å². The molecule has 1 N–H and O–H groups in total. The average Bonchev–Trinajstić information content (AvgIpc) is 3.20. The Morgan fingerprint density at radius 1 is 0.917 bits per heavy atom. The van der Waals surface area contributed by atoms with Crippen molar-refractivity contribution in [3.63, 3.8) is 0 Å². The Kier molecular flexibility index (Phi) is 6.58. The van der Waals surface area contributed by atoms with Crippen molar-refractivity contribution in [2.75, 3.05) is 6.61 Å². The summed E-state index contributed by atoms with van der Waals surface area (Å²) in [6.45, 7) is 3.92. The van der Waals surface area contributed by atoms with Crippen molar-refractivity contribution in [3.8, 4) is 22.7 Å². The van der Waals surface area contributed by atoms with Gasteiger partial charge in [-0.2, -0.15) is 5.10 Å². The van der Waals surface area contributed by atoms with Crippen molar-refractivity contribution < 1.29 is 9.53 Å². The lowest BCUT2D eigenvalue weighted by Gasteiger charge is -2.11. The number of amides is 1. The van der Waals surface area contributed by atoms with Crippen LogP contribution < -0.4 is 10.2 Å². The zero-order valence-corrected chi connectivity index (χ0v) is 20.2. The maximum absolute atomic E-state index is 12.2. The number of carbonyl (C=O) groups excluding carboxylic acids is 1. The predicted molar refractivity (Wildman–Crippen MR) is 144 cm³/mol. The van der Waals surface area contributed by atoms with E-state index in [2.05, 4.69) is 63.4 Å². The lowest BCUT2D eigenvalue weighted by Crippen LogP contribution is -2.24. The van der Waals surface area contributed by atoms with Gasteiger partial charge in [0.2, 0.25) is 5.88 Å². The molecule has 178 valence electrons. The molecular formula is C30H26N4O2. The molecule has 3 aromatic carbocycles. The number of rotatable bonds is 7. The van der Waals surface area contributed by atoms with Crippen molar-refractivity contribution in [2.24, 2.45) is 5.10 Å². The van der Waals surface area contributed by atoms with Gasteiger partial charge in [-0.05, 0) is 55.3 Å². The first-order valence-corrected chi connectivity index (χ1v) is 11.7. The van der Waals surface area contributed by atoms with Crippen LogP contribution in [-0.2, 0) is 4.79 Å². The molecule has 0 radical (unpaired) electrons. The van der Waals surface area contributed by atoms with Gasteiger partial charge >= 0.3 is 0 Å². The van der Waals surface area contributed by atoms with Gasteiger partial charge in [-0.1, -0.05) is 60.7 Å². The van der Waals surface area contributed by atoms with E-state index in [1.54, 1.807) is 12.3 Å². The highest BCUT2D eigenvalue weighted by Crippen LogP contribution is 2.24. The second-order valence-corrected chi connectivity index (χ2v) is 8.50. The van der Waals surface area contributed by atoms with Crippen LogP contribution in [-0.4, -0.2) is 28.3 Å². The summed E-state index contributed by atoms with van der Waals surface area (Å²) in [7, 11) is 0. The molecule has 0 saturated heterocycles. The SMILES string of the molecule is Cc1cc(/C=N/NC(=O)COc2ccc3ccccc3n2)c(C)n1-c1ccc(-c2ccccc2)cc1. The standard InChI is InChI=1S/C30H26N4O2/c1-21-18-26(22(2)34(21)27-15-12-24(13-16-27)23-8-4-3-5-9-23)19-31-33-29(35)20-36-30-17-14-25-10-6-7-11-28(25)32-30/h3-19H,20H2,1-2H3,(H,33,35)/b31-19+. The third kappa shape index (κ3) is 5.03. The maximum atomic E-state index is 12.2. The van der Waals surface area contributed by atoms with Crippen LogP contribution in [0.3, 0.4) is 0 Å². The highest BCUT2D eigenvalue weighted by Gasteiger charge is 2.10. The summed E-state index contributed by atoms with van der Waals surface area (Å²) < 4.78 is 7.70. The van der Waals surface area contributed by atoms with Crippen LogP contribution >= 0.6 is 0 Å². The first kappa shape index (κ1) is 23.1. The molecule has 0 spiro atoms. The third-order valence-electron chi connectivity index (χ3n) is 6.02. The van der Waals surface area contributed by atoms with Crippen LogP contribution in [0, 0.1) is 13.8 Å². The Balaban J connectivity index is 1.22.